The fourth-order valence-corrected chi connectivity index (χ4v) is 3.10. The van der Waals surface area contributed by atoms with E-state index in [1.165, 1.54) is 12.8 Å². The molecule has 0 bridgehead atoms. The standard InChI is InChI=1S/C17H25N3O/c1-19(14-17-5-3-2-4-16(17)12-18)13-15-6-8-20(9-7-15)10-11-21/h2-5,15,21H,6-11,13-14H2,1H3. The van der Waals surface area contributed by atoms with Gasteiger partial charge < -0.3 is 14.9 Å². The number of hydrogen-bond donors (Lipinski definition) is 1. The summed E-state index contributed by atoms with van der Waals surface area (Å²) >= 11 is 0. The predicted molar refractivity (Wildman–Crippen MR) is 83.7 cm³/mol. The Labute approximate surface area is 127 Å². The third-order valence-corrected chi connectivity index (χ3v) is 4.27. The van der Waals surface area contributed by atoms with E-state index >= 15 is 0 Å². The minimum atomic E-state index is 0.259. The van der Waals surface area contributed by atoms with Crippen molar-refractivity contribution in [1.82, 2.24) is 9.80 Å². The number of rotatable bonds is 6. The molecule has 4 heteroatoms. The van der Waals surface area contributed by atoms with Crippen molar-refractivity contribution in [3.05, 3.63) is 35.4 Å². The van der Waals surface area contributed by atoms with Crippen LogP contribution < -0.4 is 0 Å². The molecule has 4 nitrogen and oxygen atoms in total. The van der Waals surface area contributed by atoms with E-state index in [4.69, 9.17) is 10.4 Å². The quantitative estimate of drug-likeness (QED) is 0.865. The maximum Gasteiger partial charge on any atom is 0.0995 e. The van der Waals surface area contributed by atoms with E-state index in [2.05, 4.69) is 22.9 Å². The van der Waals surface area contributed by atoms with Gasteiger partial charge in [0.2, 0.25) is 0 Å². The average molecular weight is 287 g/mol. The molecule has 114 valence electrons. The Hall–Kier alpha value is -1.41. The summed E-state index contributed by atoms with van der Waals surface area (Å²) in [5.41, 5.74) is 1.89. The van der Waals surface area contributed by atoms with Crippen LogP contribution in [0.1, 0.15) is 24.0 Å². The number of benzene rings is 1. The first-order valence-electron chi connectivity index (χ1n) is 7.72. The number of nitriles is 1. The van der Waals surface area contributed by atoms with E-state index in [1.807, 2.05) is 24.3 Å². The Morgan fingerprint density at radius 2 is 2.05 bits per heavy atom. The number of hydrogen-bond acceptors (Lipinski definition) is 4. The van der Waals surface area contributed by atoms with Crippen LogP contribution in [0.15, 0.2) is 24.3 Å². The van der Waals surface area contributed by atoms with Crippen LogP contribution in [0.5, 0.6) is 0 Å². The molecule has 0 radical (unpaired) electrons. The molecule has 1 aromatic carbocycles. The van der Waals surface area contributed by atoms with Crippen molar-refractivity contribution in [3.63, 3.8) is 0 Å². The summed E-state index contributed by atoms with van der Waals surface area (Å²) in [7, 11) is 2.13. The average Bonchev–Trinajstić information content (AvgIpc) is 2.50. The first-order valence-corrected chi connectivity index (χ1v) is 7.72. The topological polar surface area (TPSA) is 50.5 Å². The highest BCUT2D eigenvalue weighted by atomic mass is 16.3. The number of piperidine rings is 1. The van der Waals surface area contributed by atoms with Gasteiger partial charge in [0.25, 0.3) is 0 Å². The third kappa shape index (κ3) is 4.82. The molecule has 1 heterocycles. The van der Waals surface area contributed by atoms with E-state index in [9.17, 15) is 0 Å². The normalized spacial score (nSPS) is 17.0. The molecule has 1 N–H and O–H groups in total. The summed E-state index contributed by atoms with van der Waals surface area (Å²) < 4.78 is 0. The van der Waals surface area contributed by atoms with Crippen LogP contribution in [0.25, 0.3) is 0 Å². The number of nitrogens with zero attached hydrogens (tertiary/aromatic N) is 3. The molecule has 0 unspecified atom stereocenters. The molecule has 0 aliphatic carbocycles. The lowest BCUT2D eigenvalue weighted by molar-refractivity contribution is 0.129. The van der Waals surface area contributed by atoms with E-state index < -0.39 is 0 Å². The Balaban J connectivity index is 1.80. The molecule has 1 saturated heterocycles. The zero-order chi connectivity index (χ0) is 15.1. The van der Waals surface area contributed by atoms with Crippen LogP contribution >= 0.6 is 0 Å². The lowest BCUT2D eigenvalue weighted by Crippen LogP contribution is -2.38. The molecule has 0 saturated carbocycles. The Kier molecular flexibility index (Phi) is 6.19. The number of aliphatic hydroxyl groups excluding tert-OH is 1. The Bertz CT molecular complexity index is 475. The number of likely N-dealkylation sites (tertiary alicyclic amines) is 1. The molecule has 21 heavy (non-hydrogen) atoms. The maximum atomic E-state index is 9.14. The molecule has 2 rings (SSSR count). The monoisotopic (exact) mass is 287 g/mol. The van der Waals surface area contributed by atoms with E-state index in [0.717, 1.165) is 49.8 Å². The van der Waals surface area contributed by atoms with Crippen molar-refractivity contribution in [2.24, 2.45) is 5.92 Å². The molecule has 1 fully saturated rings. The van der Waals surface area contributed by atoms with Crippen LogP contribution in [-0.4, -0.2) is 54.7 Å². The van der Waals surface area contributed by atoms with Gasteiger partial charge in [-0.25, -0.2) is 0 Å². The smallest absolute Gasteiger partial charge is 0.0995 e. The summed E-state index contributed by atoms with van der Waals surface area (Å²) in [5, 5.41) is 18.1. The second-order valence-corrected chi connectivity index (χ2v) is 5.97. The lowest BCUT2D eigenvalue weighted by atomic mass is 9.96. The van der Waals surface area contributed by atoms with Crippen molar-refractivity contribution < 1.29 is 5.11 Å². The van der Waals surface area contributed by atoms with Gasteiger partial charge in [0.05, 0.1) is 18.2 Å². The van der Waals surface area contributed by atoms with Crippen molar-refractivity contribution in [2.75, 3.05) is 39.8 Å². The number of β-amino-alcohol motifs (C(OH)–C–C–N with tert-alkyl or cyclic N) is 1. The van der Waals surface area contributed by atoms with E-state index in [1.54, 1.807) is 0 Å². The summed E-state index contributed by atoms with van der Waals surface area (Å²) in [5.74, 6) is 0.721. The summed E-state index contributed by atoms with van der Waals surface area (Å²) in [6, 6.07) is 10.1. The molecular weight excluding hydrogens is 262 g/mol. The highest BCUT2D eigenvalue weighted by molar-refractivity contribution is 5.37. The maximum absolute atomic E-state index is 9.14. The van der Waals surface area contributed by atoms with E-state index in [-0.39, 0.29) is 6.61 Å². The molecule has 1 aliphatic heterocycles. The number of aliphatic hydroxyl groups is 1. The van der Waals surface area contributed by atoms with Crippen LogP contribution in [0, 0.1) is 17.2 Å². The highest BCUT2D eigenvalue weighted by Crippen LogP contribution is 2.19. The highest BCUT2D eigenvalue weighted by Gasteiger charge is 2.20. The second kappa shape index (κ2) is 8.14. The first-order chi connectivity index (χ1) is 10.2. The predicted octanol–water partition coefficient (Wildman–Crippen LogP) is 1.69. The molecule has 0 amide bonds. The third-order valence-electron chi connectivity index (χ3n) is 4.27. The molecule has 1 aliphatic rings. The fourth-order valence-electron chi connectivity index (χ4n) is 3.10. The molecule has 0 atom stereocenters. The van der Waals surface area contributed by atoms with E-state index in [0.29, 0.717) is 0 Å². The van der Waals surface area contributed by atoms with Gasteiger partial charge in [0.15, 0.2) is 0 Å². The summed E-state index contributed by atoms with van der Waals surface area (Å²) in [6.07, 6.45) is 2.40. The molecule has 1 aromatic rings. The molecule has 0 spiro atoms. The van der Waals surface area contributed by atoms with Crippen molar-refractivity contribution >= 4 is 0 Å². The second-order valence-electron chi connectivity index (χ2n) is 5.97. The zero-order valence-corrected chi connectivity index (χ0v) is 12.8. The summed E-state index contributed by atoms with van der Waals surface area (Å²) in [6.45, 7) is 5.16. The molecular formula is C17H25N3O. The largest absolute Gasteiger partial charge is 0.395 e. The van der Waals surface area contributed by atoms with Crippen molar-refractivity contribution in [2.45, 2.75) is 19.4 Å². The van der Waals surface area contributed by atoms with Gasteiger partial charge in [0, 0.05) is 19.6 Å². The minimum absolute atomic E-state index is 0.259. The van der Waals surface area contributed by atoms with Crippen molar-refractivity contribution in [1.29, 1.82) is 5.26 Å². The van der Waals surface area contributed by atoms with Gasteiger partial charge >= 0.3 is 0 Å². The van der Waals surface area contributed by atoms with Gasteiger partial charge in [-0.3, -0.25) is 0 Å². The van der Waals surface area contributed by atoms with Crippen molar-refractivity contribution in [3.8, 4) is 6.07 Å². The van der Waals surface area contributed by atoms with Gasteiger partial charge in [-0.1, -0.05) is 18.2 Å². The Morgan fingerprint density at radius 3 is 2.71 bits per heavy atom. The van der Waals surface area contributed by atoms with Crippen LogP contribution in [-0.2, 0) is 6.54 Å². The SMILES string of the molecule is CN(Cc1ccccc1C#N)CC1CCN(CCO)CC1. The van der Waals surface area contributed by atoms with Gasteiger partial charge in [-0.05, 0) is 50.5 Å². The van der Waals surface area contributed by atoms with Crippen LogP contribution in [0.4, 0.5) is 0 Å². The Morgan fingerprint density at radius 1 is 1.33 bits per heavy atom. The summed E-state index contributed by atoms with van der Waals surface area (Å²) in [4.78, 5) is 4.66. The lowest BCUT2D eigenvalue weighted by Gasteiger charge is -2.33. The van der Waals surface area contributed by atoms with Gasteiger partial charge in [-0.2, -0.15) is 5.26 Å². The van der Waals surface area contributed by atoms with Gasteiger partial charge in [0.1, 0.15) is 0 Å². The van der Waals surface area contributed by atoms with Gasteiger partial charge in [-0.15, -0.1) is 0 Å². The zero-order valence-electron chi connectivity index (χ0n) is 12.8. The molecule has 0 aromatic heterocycles. The van der Waals surface area contributed by atoms with Crippen LogP contribution in [0.2, 0.25) is 0 Å². The first kappa shape index (κ1) is 16.0. The minimum Gasteiger partial charge on any atom is -0.395 e. The fraction of sp³-hybridized carbons (Fsp3) is 0.588. The van der Waals surface area contributed by atoms with Crippen LogP contribution in [0.3, 0.4) is 0 Å².